The topological polar surface area (TPSA) is 46.6 Å². The van der Waals surface area contributed by atoms with Gasteiger partial charge in [0.2, 0.25) is 0 Å². The zero-order valence-corrected chi connectivity index (χ0v) is 14.1. The zero-order valence-electron chi connectivity index (χ0n) is 13.3. The molecule has 1 aliphatic carbocycles. The lowest BCUT2D eigenvalue weighted by Crippen LogP contribution is -2.61. The quantitative estimate of drug-likeness (QED) is 0.808. The van der Waals surface area contributed by atoms with Gasteiger partial charge in [-0.1, -0.05) is 17.7 Å². The van der Waals surface area contributed by atoms with Crippen molar-refractivity contribution in [3.05, 3.63) is 29.8 Å². The maximum absolute atomic E-state index is 12.7. The second-order valence-electron chi connectivity index (χ2n) is 6.18. The van der Waals surface area contributed by atoms with Crippen LogP contribution in [0.5, 0.6) is 0 Å². The molecule has 5 heteroatoms. The van der Waals surface area contributed by atoms with E-state index >= 15 is 0 Å². The molecule has 0 spiro atoms. The average Bonchev–Trinajstić information content (AvgIpc) is 2.36. The minimum atomic E-state index is -3.28. The number of hydrogen-bond donors (Lipinski definition) is 0. The van der Waals surface area contributed by atoms with Gasteiger partial charge in [-0.2, -0.15) is 0 Å². The number of nitrogens with zero attached hydrogens (tertiary/aromatic N) is 1. The minimum absolute atomic E-state index is 0.152. The summed E-state index contributed by atoms with van der Waals surface area (Å²) in [6, 6.07) is 7.09. The minimum Gasteiger partial charge on any atom is -0.378 e. The Balaban J connectivity index is 2.16. The van der Waals surface area contributed by atoms with E-state index in [1.54, 1.807) is 12.1 Å². The Labute approximate surface area is 128 Å². The van der Waals surface area contributed by atoms with Crippen molar-refractivity contribution >= 4 is 9.84 Å². The summed E-state index contributed by atoms with van der Waals surface area (Å²) in [5, 5.41) is 0. The molecule has 0 aliphatic heterocycles. The van der Waals surface area contributed by atoms with Crippen LogP contribution >= 0.6 is 0 Å². The normalized spacial score (nSPS) is 25.9. The molecule has 0 atom stereocenters. The third kappa shape index (κ3) is 3.47. The van der Waals surface area contributed by atoms with Crippen molar-refractivity contribution in [2.75, 3.05) is 26.5 Å². The zero-order chi connectivity index (χ0) is 15.7. The van der Waals surface area contributed by atoms with Crippen molar-refractivity contribution in [2.45, 2.75) is 43.2 Å². The second-order valence-corrected chi connectivity index (χ2v) is 8.17. The molecule has 1 aromatic carbocycles. The smallest absolute Gasteiger partial charge is 0.180 e. The molecule has 1 fully saturated rings. The summed E-state index contributed by atoms with van der Waals surface area (Å²) in [6.07, 6.45) is 1.74. The molecule has 1 saturated carbocycles. The van der Waals surface area contributed by atoms with Gasteiger partial charge in [0.05, 0.1) is 16.8 Å². The van der Waals surface area contributed by atoms with Gasteiger partial charge in [0.15, 0.2) is 9.84 Å². The van der Waals surface area contributed by atoms with E-state index in [-0.39, 0.29) is 17.4 Å². The van der Waals surface area contributed by atoms with Gasteiger partial charge >= 0.3 is 0 Å². The van der Waals surface area contributed by atoms with Gasteiger partial charge in [-0.3, -0.25) is 0 Å². The van der Waals surface area contributed by atoms with Crippen LogP contribution in [0.15, 0.2) is 29.2 Å². The van der Waals surface area contributed by atoms with Crippen LogP contribution in [-0.4, -0.2) is 51.4 Å². The molecule has 2 rings (SSSR count). The maximum atomic E-state index is 12.7. The van der Waals surface area contributed by atoms with Crippen LogP contribution in [0.2, 0.25) is 0 Å². The molecule has 0 amide bonds. The van der Waals surface area contributed by atoms with Crippen LogP contribution in [0.4, 0.5) is 0 Å². The van der Waals surface area contributed by atoms with E-state index < -0.39 is 9.84 Å². The monoisotopic (exact) mass is 311 g/mol. The summed E-state index contributed by atoms with van der Waals surface area (Å²) < 4.78 is 30.9. The number of aryl methyl sites for hydroxylation is 1. The Kier molecular flexibility index (Phi) is 4.76. The van der Waals surface area contributed by atoms with Gasteiger partial charge < -0.3 is 9.64 Å². The number of hydrogen-bond acceptors (Lipinski definition) is 4. The fraction of sp³-hybridized carbons (Fsp3) is 0.625. The van der Waals surface area contributed by atoms with Gasteiger partial charge in [0.25, 0.3) is 0 Å². The van der Waals surface area contributed by atoms with Gasteiger partial charge in [-0.15, -0.1) is 0 Å². The summed E-state index contributed by atoms with van der Waals surface area (Å²) in [7, 11) is 0.626. The first kappa shape index (κ1) is 16.5. The third-order valence-corrected chi connectivity index (χ3v) is 6.31. The summed E-state index contributed by atoms with van der Waals surface area (Å²) in [6.45, 7) is 4.61. The summed E-state index contributed by atoms with van der Waals surface area (Å²) in [4.78, 5) is 2.45. The molecule has 0 unspecified atom stereocenters. The van der Waals surface area contributed by atoms with Crippen molar-refractivity contribution in [1.82, 2.24) is 4.90 Å². The highest BCUT2D eigenvalue weighted by Crippen LogP contribution is 2.40. The highest BCUT2D eigenvalue weighted by atomic mass is 32.2. The van der Waals surface area contributed by atoms with Crippen LogP contribution in [0, 0.1) is 6.92 Å². The molecule has 4 nitrogen and oxygen atoms in total. The van der Waals surface area contributed by atoms with Gasteiger partial charge in [0.1, 0.15) is 0 Å². The highest BCUT2D eigenvalue weighted by Gasteiger charge is 2.49. The summed E-state index contributed by atoms with van der Waals surface area (Å²) >= 11 is 0. The first-order valence-electron chi connectivity index (χ1n) is 7.37. The van der Waals surface area contributed by atoms with Gasteiger partial charge in [0, 0.05) is 12.1 Å². The second kappa shape index (κ2) is 6.07. The first-order valence-corrected chi connectivity index (χ1v) is 9.03. The molecule has 0 bridgehead atoms. The Hall–Kier alpha value is -0.910. The van der Waals surface area contributed by atoms with Crippen LogP contribution in [0.3, 0.4) is 0 Å². The van der Waals surface area contributed by atoms with Gasteiger partial charge in [-0.05, 0) is 52.9 Å². The largest absolute Gasteiger partial charge is 0.378 e. The Morgan fingerprint density at radius 2 is 1.81 bits per heavy atom. The van der Waals surface area contributed by atoms with Crippen LogP contribution in [0.25, 0.3) is 0 Å². The molecule has 0 radical (unpaired) electrons. The molecule has 21 heavy (non-hydrogen) atoms. The van der Waals surface area contributed by atoms with Crippen LogP contribution in [-0.2, 0) is 14.6 Å². The Morgan fingerprint density at radius 1 is 1.24 bits per heavy atom. The fourth-order valence-corrected chi connectivity index (χ4v) is 4.85. The lowest BCUT2D eigenvalue weighted by molar-refractivity contribution is -0.0790. The fourth-order valence-electron chi connectivity index (χ4n) is 2.94. The molecule has 118 valence electrons. The van der Waals surface area contributed by atoms with E-state index in [2.05, 4.69) is 0 Å². The molecule has 0 heterocycles. The van der Waals surface area contributed by atoms with E-state index in [1.807, 2.05) is 45.0 Å². The number of rotatable bonds is 6. The molecule has 0 N–H and O–H groups in total. The van der Waals surface area contributed by atoms with E-state index in [0.717, 1.165) is 18.4 Å². The predicted molar refractivity (Wildman–Crippen MR) is 84.3 cm³/mol. The van der Waals surface area contributed by atoms with Crippen molar-refractivity contribution in [3.8, 4) is 0 Å². The van der Waals surface area contributed by atoms with Crippen molar-refractivity contribution in [2.24, 2.45) is 0 Å². The lowest BCUT2D eigenvalue weighted by Gasteiger charge is -2.51. The van der Waals surface area contributed by atoms with Crippen LogP contribution < -0.4 is 0 Å². The first-order chi connectivity index (χ1) is 9.79. The Bertz CT molecular complexity index is 572. The summed E-state index contributed by atoms with van der Waals surface area (Å²) in [5.41, 5.74) is 0.764. The lowest BCUT2D eigenvalue weighted by atomic mass is 9.74. The van der Waals surface area contributed by atoms with Crippen molar-refractivity contribution in [3.63, 3.8) is 0 Å². The SMILES string of the molecule is CCOC1CC(CS(=O)(=O)c2ccc(C)cc2)(N(C)C)C1. The van der Waals surface area contributed by atoms with E-state index in [9.17, 15) is 8.42 Å². The van der Waals surface area contributed by atoms with E-state index in [0.29, 0.717) is 11.5 Å². The molecular formula is C16H25NO3S. The van der Waals surface area contributed by atoms with Gasteiger partial charge in [-0.25, -0.2) is 8.42 Å². The molecule has 1 aromatic rings. The van der Waals surface area contributed by atoms with Crippen molar-refractivity contribution < 1.29 is 13.2 Å². The van der Waals surface area contributed by atoms with E-state index in [1.165, 1.54) is 0 Å². The molecule has 1 aliphatic rings. The number of sulfone groups is 1. The third-order valence-electron chi connectivity index (χ3n) is 4.41. The predicted octanol–water partition coefficient (Wildman–Crippen LogP) is 2.27. The standard InChI is InChI=1S/C16H25NO3S/c1-5-20-14-10-16(11-14,17(3)4)12-21(18,19)15-8-6-13(2)7-9-15/h6-9,14H,5,10-12H2,1-4H3. The number of ether oxygens (including phenoxy) is 1. The van der Waals surface area contributed by atoms with E-state index in [4.69, 9.17) is 4.74 Å². The van der Waals surface area contributed by atoms with Crippen molar-refractivity contribution in [1.29, 1.82) is 0 Å². The molecule has 0 aromatic heterocycles. The Morgan fingerprint density at radius 3 is 2.29 bits per heavy atom. The maximum Gasteiger partial charge on any atom is 0.180 e. The summed E-state index contributed by atoms with van der Waals surface area (Å²) in [5.74, 6) is 0.152. The van der Waals surface area contributed by atoms with Crippen LogP contribution in [0.1, 0.15) is 25.3 Å². The number of benzene rings is 1. The molecule has 0 saturated heterocycles. The molecular weight excluding hydrogens is 286 g/mol. The average molecular weight is 311 g/mol. The highest BCUT2D eigenvalue weighted by molar-refractivity contribution is 7.91.